The quantitative estimate of drug-likeness (QED) is 0.913. The van der Waals surface area contributed by atoms with Crippen molar-refractivity contribution in [3.8, 4) is 0 Å². The van der Waals surface area contributed by atoms with Crippen molar-refractivity contribution in [1.29, 1.82) is 0 Å². The van der Waals surface area contributed by atoms with Crippen LogP contribution < -0.4 is 4.72 Å². The smallest absolute Gasteiger partial charge is 0.246 e. The lowest BCUT2D eigenvalue weighted by molar-refractivity contribution is 0.390. The molecule has 2 heterocycles. The maximum atomic E-state index is 12.3. The van der Waals surface area contributed by atoms with Gasteiger partial charge in [0.2, 0.25) is 10.0 Å². The van der Waals surface area contributed by atoms with Crippen molar-refractivity contribution in [3.05, 3.63) is 28.4 Å². The molecule has 0 aliphatic rings. The largest absolute Gasteiger partial charge is 0.360 e. The molecule has 0 unspecified atom stereocenters. The van der Waals surface area contributed by atoms with E-state index in [0.717, 1.165) is 17.0 Å². The maximum Gasteiger partial charge on any atom is 0.246 e. The van der Waals surface area contributed by atoms with Crippen LogP contribution in [0, 0.1) is 27.7 Å². The number of rotatable bonds is 4. The number of sulfonamides is 1. The van der Waals surface area contributed by atoms with Gasteiger partial charge in [0, 0.05) is 24.8 Å². The Balaban J connectivity index is 2.27. The van der Waals surface area contributed by atoms with Gasteiger partial charge in [0.05, 0.1) is 5.69 Å². The highest BCUT2D eigenvalue weighted by molar-refractivity contribution is 7.89. The number of hydrogen-bond donors (Lipinski definition) is 1. The van der Waals surface area contributed by atoms with Crippen LogP contribution in [-0.4, -0.2) is 23.4 Å². The summed E-state index contributed by atoms with van der Waals surface area (Å²) < 4.78 is 33.8. The molecule has 2 aromatic rings. The highest BCUT2D eigenvalue weighted by atomic mass is 32.2. The van der Waals surface area contributed by atoms with Crippen molar-refractivity contribution in [2.75, 3.05) is 0 Å². The van der Waals surface area contributed by atoms with Gasteiger partial charge in [0.15, 0.2) is 5.76 Å². The zero-order valence-electron chi connectivity index (χ0n) is 12.2. The lowest BCUT2D eigenvalue weighted by Gasteiger charge is -2.06. The zero-order valence-corrected chi connectivity index (χ0v) is 13.0. The fourth-order valence-electron chi connectivity index (χ4n) is 2.17. The maximum absolute atomic E-state index is 12.3. The first-order valence-corrected chi connectivity index (χ1v) is 7.64. The summed E-state index contributed by atoms with van der Waals surface area (Å²) in [7, 11) is -1.82. The fourth-order valence-corrected chi connectivity index (χ4v) is 3.49. The Morgan fingerprint density at radius 3 is 2.30 bits per heavy atom. The zero-order chi connectivity index (χ0) is 15.1. The molecule has 0 aromatic carbocycles. The molecule has 1 N–H and O–H groups in total. The molecular formula is C12H18N4O3S. The van der Waals surface area contributed by atoms with Crippen LogP contribution in [0.15, 0.2) is 9.42 Å². The summed E-state index contributed by atoms with van der Waals surface area (Å²) in [4.78, 5) is 0.108. The number of nitrogens with zero attached hydrogens (tertiary/aromatic N) is 3. The normalized spacial score (nSPS) is 12.1. The van der Waals surface area contributed by atoms with Gasteiger partial charge in [0.1, 0.15) is 10.6 Å². The van der Waals surface area contributed by atoms with Gasteiger partial charge in [-0.05, 0) is 27.7 Å². The number of aryl methyl sites for hydroxylation is 4. The molecule has 0 saturated heterocycles. The molecule has 0 aliphatic heterocycles. The number of hydrogen-bond acceptors (Lipinski definition) is 5. The van der Waals surface area contributed by atoms with Crippen LogP contribution in [0.5, 0.6) is 0 Å². The van der Waals surface area contributed by atoms with E-state index >= 15 is 0 Å². The van der Waals surface area contributed by atoms with Gasteiger partial charge in [-0.25, -0.2) is 13.1 Å². The third-order valence-electron chi connectivity index (χ3n) is 3.33. The molecule has 0 aliphatic carbocycles. The lowest BCUT2D eigenvalue weighted by atomic mass is 10.2. The number of aromatic nitrogens is 3. The molecule has 0 saturated carbocycles. The predicted octanol–water partition coefficient (Wildman–Crippen LogP) is 1.12. The summed E-state index contributed by atoms with van der Waals surface area (Å²) in [5.41, 5.74) is 2.98. The van der Waals surface area contributed by atoms with E-state index in [4.69, 9.17) is 4.52 Å². The Bertz CT molecular complexity index is 724. The van der Waals surface area contributed by atoms with E-state index in [1.54, 1.807) is 18.5 Å². The van der Waals surface area contributed by atoms with E-state index in [2.05, 4.69) is 15.0 Å². The fraction of sp³-hybridized carbons (Fsp3) is 0.500. The SMILES string of the molecule is Cc1nn(C)c(C)c1CNS(=O)(=O)c1c(C)noc1C. The molecule has 0 fully saturated rings. The Morgan fingerprint density at radius 2 is 1.85 bits per heavy atom. The molecule has 20 heavy (non-hydrogen) atoms. The second-order valence-corrected chi connectivity index (χ2v) is 6.45. The third-order valence-corrected chi connectivity index (χ3v) is 4.98. The standard InChI is InChI=1S/C12H18N4O3S/c1-7-11(9(3)16(5)14-7)6-13-20(17,18)12-8(2)15-19-10(12)4/h13H,6H2,1-5H3. The van der Waals surface area contributed by atoms with Crippen LogP contribution in [0.2, 0.25) is 0 Å². The average molecular weight is 298 g/mol. The second-order valence-electron chi connectivity index (χ2n) is 4.75. The summed E-state index contributed by atoms with van der Waals surface area (Å²) in [6.45, 7) is 7.13. The van der Waals surface area contributed by atoms with Gasteiger partial charge in [-0.15, -0.1) is 0 Å². The molecular weight excluding hydrogens is 280 g/mol. The first kappa shape index (κ1) is 14.7. The van der Waals surface area contributed by atoms with E-state index in [0.29, 0.717) is 5.69 Å². The highest BCUT2D eigenvalue weighted by Gasteiger charge is 2.24. The van der Waals surface area contributed by atoms with Crippen molar-refractivity contribution >= 4 is 10.0 Å². The molecule has 8 heteroatoms. The molecule has 0 spiro atoms. The first-order valence-electron chi connectivity index (χ1n) is 6.15. The molecule has 0 atom stereocenters. The van der Waals surface area contributed by atoms with Gasteiger partial charge >= 0.3 is 0 Å². The molecule has 110 valence electrons. The Morgan fingerprint density at radius 1 is 1.20 bits per heavy atom. The van der Waals surface area contributed by atoms with Crippen LogP contribution in [0.3, 0.4) is 0 Å². The van der Waals surface area contributed by atoms with E-state index in [-0.39, 0.29) is 17.2 Å². The van der Waals surface area contributed by atoms with Crippen molar-refractivity contribution in [3.63, 3.8) is 0 Å². The van der Waals surface area contributed by atoms with Crippen molar-refractivity contribution in [1.82, 2.24) is 19.7 Å². The lowest BCUT2D eigenvalue weighted by Crippen LogP contribution is -2.24. The first-order chi connectivity index (χ1) is 9.24. The highest BCUT2D eigenvalue weighted by Crippen LogP contribution is 2.19. The summed E-state index contributed by atoms with van der Waals surface area (Å²) in [5.74, 6) is 0.287. The third kappa shape index (κ3) is 2.48. The Hall–Kier alpha value is -1.67. The van der Waals surface area contributed by atoms with Crippen LogP contribution in [0.1, 0.15) is 28.4 Å². The summed E-state index contributed by atoms with van der Waals surface area (Å²) in [5, 5.41) is 7.93. The Labute approximate surface area is 118 Å². The Kier molecular flexibility index (Phi) is 3.70. The van der Waals surface area contributed by atoms with E-state index in [1.807, 2.05) is 20.9 Å². The average Bonchev–Trinajstić information content (AvgIpc) is 2.79. The molecule has 2 rings (SSSR count). The van der Waals surface area contributed by atoms with Crippen molar-refractivity contribution < 1.29 is 12.9 Å². The minimum absolute atomic E-state index is 0.108. The van der Waals surface area contributed by atoms with Crippen molar-refractivity contribution in [2.24, 2.45) is 7.05 Å². The van der Waals surface area contributed by atoms with E-state index in [9.17, 15) is 8.42 Å². The van der Waals surface area contributed by atoms with Gasteiger partial charge in [-0.2, -0.15) is 5.10 Å². The summed E-state index contributed by atoms with van der Waals surface area (Å²) in [6.07, 6.45) is 0. The number of nitrogens with one attached hydrogen (secondary N) is 1. The molecule has 2 aromatic heterocycles. The van der Waals surface area contributed by atoms with Gasteiger partial charge < -0.3 is 4.52 Å². The van der Waals surface area contributed by atoms with Crippen LogP contribution in [0.4, 0.5) is 0 Å². The van der Waals surface area contributed by atoms with Gasteiger partial charge in [0.25, 0.3) is 0 Å². The second kappa shape index (κ2) is 5.02. The minimum Gasteiger partial charge on any atom is -0.360 e. The molecule has 0 bridgehead atoms. The summed E-state index contributed by atoms with van der Waals surface area (Å²) in [6, 6.07) is 0. The molecule has 0 radical (unpaired) electrons. The van der Waals surface area contributed by atoms with Crippen LogP contribution in [0.25, 0.3) is 0 Å². The summed E-state index contributed by atoms with van der Waals surface area (Å²) >= 11 is 0. The minimum atomic E-state index is -3.64. The van der Waals surface area contributed by atoms with Gasteiger partial charge in [-0.3, -0.25) is 4.68 Å². The predicted molar refractivity (Wildman–Crippen MR) is 72.7 cm³/mol. The molecule has 0 amide bonds. The van der Waals surface area contributed by atoms with Gasteiger partial charge in [-0.1, -0.05) is 5.16 Å². The van der Waals surface area contributed by atoms with E-state index in [1.165, 1.54) is 0 Å². The van der Waals surface area contributed by atoms with Crippen molar-refractivity contribution in [2.45, 2.75) is 39.1 Å². The molecule has 7 nitrogen and oxygen atoms in total. The van der Waals surface area contributed by atoms with Crippen LogP contribution in [-0.2, 0) is 23.6 Å². The van der Waals surface area contributed by atoms with Crippen LogP contribution >= 0.6 is 0 Å². The van der Waals surface area contributed by atoms with E-state index < -0.39 is 10.0 Å². The topological polar surface area (TPSA) is 90.0 Å². The monoisotopic (exact) mass is 298 g/mol.